The molecule has 106 valence electrons. The van der Waals surface area contributed by atoms with Gasteiger partial charge in [-0.15, -0.1) is 0 Å². The van der Waals surface area contributed by atoms with Gasteiger partial charge in [0.15, 0.2) is 5.69 Å². The molecule has 0 saturated carbocycles. The molecule has 19 heavy (non-hydrogen) atoms. The van der Waals surface area contributed by atoms with Gasteiger partial charge in [0.25, 0.3) is 0 Å². The Balaban J connectivity index is 1.99. The van der Waals surface area contributed by atoms with Crippen LogP contribution in [0.3, 0.4) is 0 Å². The molecule has 3 unspecified atom stereocenters. The highest BCUT2D eigenvalue weighted by Crippen LogP contribution is 2.47. The van der Waals surface area contributed by atoms with Crippen LogP contribution in [0.1, 0.15) is 56.3 Å². The topological polar surface area (TPSA) is 27.1 Å². The first-order valence-electron chi connectivity index (χ1n) is 6.68. The van der Waals surface area contributed by atoms with Crippen LogP contribution in [0.5, 0.6) is 0 Å². The fourth-order valence-electron chi connectivity index (χ4n) is 3.13. The summed E-state index contributed by atoms with van der Waals surface area (Å²) in [5.74, 6) is -0.150. The Labute approximate surface area is 109 Å². The van der Waals surface area contributed by atoms with Gasteiger partial charge in [-0.2, -0.15) is 18.3 Å². The molecular weight excluding hydrogens is 257 g/mol. The van der Waals surface area contributed by atoms with Crippen molar-refractivity contribution in [2.24, 2.45) is 0 Å². The third kappa shape index (κ3) is 2.16. The molecule has 3 heterocycles. The van der Waals surface area contributed by atoms with Crippen LogP contribution < -0.4 is 0 Å². The molecule has 0 amide bonds. The van der Waals surface area contributed by atoms with Crippen LogP contribution >= 0.6 is 0 Å². The second kappa shape index (κ2) is 4.23. The van der Waals surface area contributed by atoms with Gasteiger partial charge >= 0.3 is 6.18 Å². The van der Waals surface area contributed by atoms with Gasteiger partial charge in [-0.25, -0.2) is 0 Å². The van der Waals surface area contributed by atoms with E-state index in [2.05, 4.69) is 5.10 Å². The highest BCUT2D eigenvalue weighted by Gasteiger charge is 2.47. The maximum atomic E-state index is 13.1. The second-order valence-corrected chi connectivity index (χ2v) is 5.72. The highest BCUT2D eigenvalue weighted by molar-refractivity contribution is 5.28. The van der Waals surface area contributed by atoms with Gasteiger partial charge in [-0.1, -0.05) is 0 Å². The van der Waals surface area contributed by atoms with Crippen LogP contribution in [0.4, 0.5) is 13.2 Å². The number of hydrogen-bond acceptors (Lipinski definition) is 2. The number of hydrogen-bond donors (Lipinski definition) is 0. The van der Waals surface area contributed by atoms with Gasteiger partial charge in [-0.3, -0.25) is 4.68 Å². The van der Waals surface area contributed by atoms with Crippen LogP contribution in [-0.2, 0) is 10.9 Å². The lowest BCUT2D eigenvalue weighted by molar-refractivity contribution is -0.142. The van der Waals surface area contributed by atoms with E-state index < -0.39 is 11.9 Å². The minimum Gasteiger partial charge on any atom is -0.374 e. The standard InChI is InChI=1S/C13H17F3N2O/c1-7(2)18-6-10(12(17-18)13(14,15)16)9-5-8-3-4-11(9)19-8/h6-9,11H,3-5H2,1-2H3. The Kier molecular flexibility index (Phi) is 2.89. The number of halogens is 3. The normalized spacial score (nSPS) is 30.5. The third-order valence-corrected chi connectivity index (χ3v) is 4.06. The van der Waals surface area contributed by atoms with Crippen molar-refractivity contribution in [3.8, 4) is 0 Å². The number of aromatic nitrogens is 2. The summed E-state index contributed by atoms with van der Waals surface area (Å²) in [6.45, 7) is 3.66. The van der Waals surface area contributed by atoms with Gasteiger partial charge in [0.05, 0.1) is 12.2 Å². The molecule has 1 aromatic heterocycles. The Morgan fingerprint density at radius 2 is 2.11 bits per heavy atom. The maximum Gasteiger partial charge on any atom is 0.435 e. The fourth-order valence-corrected chi connectivity index (χ4v) is 3.13. The first-order chi connectivity index (χ1) is 8.86. The van der Waals surface area contributed by atoms with E-state index in [9.17, 15) is 13.2 Å². The Bertz CT molecular complexity index is 481. The predicted octanol–water partition coefficient (Wildman–Crippen LogP) is 3.52. The summed E-state index contributed by atoms with van der Waals surface area (Å²) in [6, 6.07) is -0.0747. The van der Waals surface area contributed by atoms with Gasteiger partial charge < -0.3 is 4.74 Å². The Morgan fingerprint density at radius 1 is 1.37 bits per heavy atom. The second-order valence-electron chi connectivity index (χ2n) is 5.72. The van der Waals surface area contributed by atoms with Gasteiger partial charge in [0.2, 0.25) is 0 Å². The molecule has 0 aliphatic carbocycles. The smallest absolute Gasteiger partial charge is 0.374 e. The molecule has 2 bridgehead atoms. The molecule has 6 heteroatoms. The molecular formula is C13H17F3N2O. The molecule has 2 saturated heterocycles. The first kappa shape index (κ1) is 13.0. The van der Waals surface area contributed by atoms with Crippen molar-refractivity contribution in [1.82, 2.24) is 9.78 Å². The molecule has 3 rings (SSSR count). The van der Waals surface area contributed by atoms with Gasteiger partial charge in [0.1, 0.15) is 0 Å². The van der Waals surface area contributed by atoms with Crippen LogP contribution in [0.25, 0.3) is 0 Å². The number of ether oxygens (including phenoxy) is 1. The van der Waals surface area contributed by atoms with E-state index in [0.717, 1.165) is 12.8 Å². The predicted molar refractivity (Wildman–Crippen MR) is 62.9 cm³/mol. The van der Waals surface area contributed by atoms with E-state index in [0.29, 0.717) is 12.0 Å². The third-order valence-electron chi connectivity index (χ3n) is 4.06. The molecule has 0 radical (unpaired) electrons. The molecule has 0 spiro atoms. The van der Waals surface area contributed by atoms with Crippen molar-refractivity contribution in [3.63, 3.8) is 0 Å². The first-order valence-corrected chi connectivity index (χ1v) is 6.68. The zero-order chi connectivity index (χ0) is 13.8. The van der Waals surface area contributed by atoms with Crippen molar-refractivity contribution in [3.05, 3.63) is 17.5 Å². The Morgan fingerprint density at radius 3 is 2.58 bits per heavy atom. The van der Waals surface area contributed by atoms with Crippen molar-refractivity contribution in [2.75, 3.05) is 0 Å². The van der Waals surface area contributed by atoms with Crippen LogP contribution in [0.15, 0.2) is 6.20 Å². The van der Waals surface area contributed by atoms with Crippen molar-refractivity contribution in [1.29, 1.82) is 0 Å². The van der Waals surface area contributed by atoms with Crippen molar-refractivity contribution >= 4 is 0 Å². The summed E-state index contributed by atoms with van der Waals surface area (Å²) in [7, 11) is 0. The molecule has 0 aromatic carbocycles. The summed E-state index contributed by atoms with van der Waals surface area (Å²) in [4.78, 5) is 0. The highest BCUT2D eigenvalue weighted by atomic mass is 19.4. The fraction of sp³-hybridized carbons (Fsp3) is 0.769. The van der Waals surface area contributed by atoms with E-state index in [1.54, 1.807) is 6.20 Å². The number of alkyl halides is 3. The average molecular weight is 274 g/mol. The number of rotatable bonds is 2. The molecule has 1 aromatic rings. The summed E-state index contributed by atoms with van der Waals surface area (Å²) < 4.78 is 46.4. The van der Waals surface area contributed by atoms with Gasteiger partial charge in [0, 0.05) is 23.7 Å². The Hall–Kier alpha value is -1.04. The summed E-state index contributed by atoms with van der Waals surface area (Å²) in [6.07, 6.45) is -0.230. The summed E-state index contributed by atoms with van der Waals surface area (Å²) in [5.41, 5.74) is -0.421. The molecule has 0 N–H and O–H groups in total. The van der Waals surface area contributed by atoms with Crippen LogP contribution in [0, 0.1) is 0 Å². The van der Waals surface area contributed by atoms with Crippen LogP contribution in [-0.4, -0.2) is 22.0 Å². The summed E-state index contributed by atoms with van der Waals surface area (Å²) in [5, 5.41) is 3.75. The number of nitrogens with zero attached hydrogens (tertiary/aromatic N) is 2. The average Bonchev–Trinajstić information content (AvgIpc) is 3.01. The van der Waals surface area contributed by atoms with E-state index in [4.69, 9.17) is 4.74 Å². The minimum absolute atomic E-state index is 0.0593. The van der Waals surface area contributed by atoms with E-state index >= 15 is 0 Å². The zero-order valence-electron chi connectivity index (χ0n) is 10.9. The summed E-state index contributed by atoms with van der Waals surface area (Å²) >= 11 is 0. The lowest BCUT2D eigenvalue weighted by atomic mass is 9.84. The molecule has 2 fully saturated rings. The largest absolute Gasteiger partial charge is 0.435 e. The molecule has 2 aliphatic heterocycles. The lowest BCUT2D eigenvalue weighted by Crippen LogP contribution is -2.18. The van der Waals surface area contributed by atoms with Crippen LogP contribution in [0.2, 0.25) is 0 Å². The molecule has 3 atom stereocenters. The maximum absolute atomic E-state index is 13.1. The van der Waals surface area contributed by atoms with Crippen molar-refractivity contribution < 1.29 is 17.9 Å². The van der Waals surface area contributed by atoms with E-state index in [-0.39, 0.29) is 24.2 Å². The molecule has 3 nitrogen and oxygen atoms in total. The SMILES string of the molecule is CC(C)n1cc(C2CC3CCC2O3)c(C(F)(F)F)n1. The quantitative estimate of drug-likeness (QED) is 0.825. The van der Waals surface area contributed by atoms with E-state index in [1.807, 2.05) is 13.8 Å². The van der Waals surface area contributed by atoms with Gasteiger partial charge in [-0.05, 0) is 33.1 Å². The number of fused-ring (bicyclic) bond motifs is 2. The van der Waals surface area contributed by atoms with Crippen molar-refractivity contribution in [2.45, 2.75) is 63.5 Å². The monoisotopic (exact) mass is 274 g/mol. The zero-order valence-corrected chi connectivity index (χ0v) is 10.9. The van der Waals surface area contributed by atoms with E-state index in [1.165, 1.54) is 4.68 Å². The minimum atomic E-state index is -4.39. The molecule has 2 aliphatic rings. The lowest BCUT2D eigenvalue weighted by Gasteiger charge is -2.19.